The maximum absolute atomic E-state index is 9.65. The van der Waals surface area contributed by atoms with Crippen molar-refractivity contribution in [3.05, 3.63) is 65.2 Å². The van der Waals surface area contributed by atoms with E-state index in [0.29, 0.717) is 6.04 Å². The third-order valence-electron chi connectivity index (χ3n) is 4.03. The largest absolute Gasteiger partial charge is 0.399 e. The Balaban J connectivity index is 1.79. The molecule has 0 radical (unpaired) electrons. The Bertz CT molecular complexity index is 583. The number of hydrogen-bond acceptors (Lipinski definition) is 3. The summed E-state index contributed by atoms with van der Waals surface area (Å²) in [6.07, 6.45) is 2.10. The Hall–Kier alpha value is -1.84. The highest BCUT2D eigenvalue weighted by atomic mass is 16.3. The van der Waals surface area contributed by atoms with Crippen LogP contribution in [0.15, 0.2) is 48.5 Å². The average molecular weight is 268 g/mol. The van der Waals surface area contributed by atoms with Crippen molar-refractivity contribution in [3.63, 3.8) is 0 Å². The fourth-order valence-electron chi connectivity index (χ4n) is 2.99. The molecule has 1 aliphatic rings. The topological polar surface area (TPSA) is 58.3 Å². The molecular formula is C17H20N2O. The van der Waals surface area contributed by atoms with Gasteiger partial charge in [0.1, 0.15) is 0 Å². The quantitative estimate of drug-likeness (QED) is 0.747. The molecule has 0 aromatic heterocycles. The van der Waals surface area contributed by atoms with Gasteiger partial charge in [0.15, 0.2) is 0 Å². The van der Waals surface area contributed by atoms with Gasteiger partial charge < -0.3 is 16.2 Å². The summed E-state index contributed by atoms with van der Waals surface area (Å²) in [5.41, 5.74) is 10.4. The van der Waals surface area contributed by atoms with E-state index in [1.54, 1.807) is 0 Å². The normalized spacial score (nSPS) is 18.8. The number of nitrogens with one attached hydrogen (secondary N) is 1. The number of hydrogen-bond donors (Lipinski definition) is 3. The number of aryl methyl sites for hydroxylation is 1. The first-order valence-corrected chi connectivity index (χ1v) is 7.08. The van der Waals surface area contributed by atoms with Crippen LogP contribution in [0.3, 0.4) is 0 Å². The zero-order chi connectivity index (χ0) is 13.9. The molecule has 2 atom stereocenters. The van der Waals surface area contributed by atoms with Crippen LogP contribution in [0.5, 0.6) is 0 Å². The summed E-state index contributed by atoms with van der Waals surface area (Å²) in [5.74, 6) is 0. The molecule has 0 heterocycles. The predicted molar refractivity (Wildman–Crippen MR) is 81.3 cm³/mol. The predicted octanol–water partition coefficient (Wildman–Crippen LogP) is 2.58. The molecule has 0 bridgehead atoms. The molecule has 0 fully saturated rings. The minimum absolute atomic E-state index is 0.0234. The van der Waals surface area contributed by atoms with Gasteiger partial charge in [-0.3, -0.25) is 0 Å². The monoisotopic (exact) mass is 268 g/mol. The molecule has 4 N–H and O–H groups in total. The van der Waals surface area contributed by atoms with Crippen molar-refractivity contribution in [2.75, 3.05) is 12.3 Å². The smallest absolute Gasteiger partial charge is 0.0626 e. The van der Waals surface area contributed by atoms with Crippen LogP contribution in [-0.4, -0.2) is 11.7 Å². The molecule has 20 heavy (non-hydrogen) atoms. The number of nitrogens with two attached hydrogens (primary N) is 1. The lowest BCUT2D eigenvalue weighted by Crippen LogP contribution is -2.27. The summed E-state index contributed by atoms with van der Waals surface area (Å²) in [5, 5.41) is 13.2. The molecule has 104 valence electrons. The number of aliphatic hydroxyl groups excluding tert-OH is 1. The standard InChI is InChI=1S/C17H20N2O/c18-14-7-8-15-13(10-14)6-9-16(15)19-17(11-20)12-4-2-1-3-5-12/h1-5,7-8,10,16-17,19-20H,6,9,11,18H2. The van der Waals surface area contributed by atoms with Crippen molar-refractivity contribution in [2.24, 2.45) is 0 Å². The Morgan fingerprint density at radius 3 is 2.75 bits per heavy atom. The number of aliphatic hydroxyl groups is 1. The van der Waals surface area contributed by atoms with Gasteiger partial charge in [-0.25, -0.2) is 0 Å². The number of rotatable bonds is 4. The molecule has 0 spiro atoms. The Kier molecular flexibility index (Phi) is 3.72. The van der Waals surface area contributed by atoms with E-state index in [1.165, 1.54) is 11.1 Å². The van der Waals surface area contributed by atoms with Crippen LogP contribution >= 0.6 is 0 Å². The molecule has 0 saturated carbocycles. The summed E-state index contributed by atoms with van der Waals surface area (Å²) in [6.45, 7) is 0.102. The van der Waals surface area contributed by atoms with Gasteiger partial charge in [0.2, 0.25) is 0 Å². The fourth-order valence-corrected chi connectivity index (χ4v) is 2.99. The molecule has 0 saturated heterocycles. The van der Waals surface area contributed by atoms with Gasteiger partial charge in [0.05, 0.1) is 12.6 Å². The summed E-state index contributed by atoms with van der Waals surface area (Å²) in [7, 11) is 0. The maximum atomic E-state index is 9.65. The highest BCUT2D eigenvalue weighted by molar-refractivity contribution is 5.47. The second-order valence-corrected chi connectivity index (χ2v) is 5.36. The molecule has 2 aromatic carbocycles. The van der Waals surface area contributed by atoms with E-state index >= 15 is 0 Å². The lowest BCUT2D eigenvalue weighted by Gasteiger charge is -2.22. The summed E-state index contributed by atoms with van der Waals surface area (Å²) < 4.78 is 0. The van der Waals surface area contributed by atoms with Crippen molar-refractivity contribution in [1.29, 1.82) is 0 Å². The van der Waals surface area contributed by atoms with Crippen molar-refractivity contribution in [3.8, 4) is 0 Å². The molecule has 3 heteroatoms. The lowest BCUT2D eigenvalue weighted by atomic mass is 10.0. The first kappa shape index (κ1) is 13.2. The van der Waals surface area contributed by atoms with Gasteiger partial charge in [-0.05, 0) is 41.7 Å². The minimum Gasteiger partial charge on any atom is -0.399 e. The molecule has 3 nitrogen and oxygen atoms in total. The van der Waals surface area contributed by atoms with Crippen LogP contribution < -0.4 is 11.1 Å². The molecule has 3 rings (SSSR count). The fraction of sp³-hybridized carbons (Fsp3) is 0.294. The van der Waals surface area contributed by atoms with Crippen LogP contribution in [-0.2, 0) is 6.42 Å². The lowest BCUT2D eigenvalue weighted by molar-refractivity contribution is 0.233. The van der Waals surface area contributed by atoms with Gasteiger partial charge in [-0.15, -0.1) is 0 Å². The number of fused-ring (bicyclic) bond motifs is 1. The Labute approximate surface area is 119 Å². The van der Waals surface area contributed by atoms with Crippen LogP contribution in [0.1, 0.15) is 35.2 Å². The first-order chi connectivity index (χ1) is 9.78. The second kappa shape index (κ2) is 5.65. The Morgan fingerprint density at radius 2 is 2.00 bits per heavy atom. The summed E-state index contributed by atoms with van der Waals surface area (Å²) in [4.78, 5) is 0. The van der Waals surface area contributed by atoms with Crippen molar-refractivity contribution in [1.82, 2.24) is 5.32 Å². The van der Waals surface area contributed by atoms with Gasteiger partial charge in [-0.1, -0.05) is 36.4 Å². The van der Waals surface area contributed by atoms with Gasteiger partial charge in [-0.2, -0.15) is 0 Å². The van der Waals surface area contributed by atoms with Crippen molar-refractivity contribution in [2.45, 2.75) is 24.9 Å². The van der Waals surface area contributed by atoms with Gasteiger partial charge in [0.25, 0.3) is 0 Å². The van der Waals surface area contributed by atoms with E-state index in [9.17, 15) is 5.11 Å². The van der Waals surface area contributed by atoms with Crippen molar-refractivity contribution < 1.29 is 5.11 Å². The molecule has 0 aliphatic heterocycles. The maximum Gasteiger partial charge on any atom is 0.0626 e. The molecular weight excluding hydrogens is 248 g/mol. The van der Waals surface area contributed by atoms with Crippen LogP contribution in [0.2, 0.25) is 0 Å². The molecule has 2 unspecified atom stereocenters. The van der Waals surface area contributed by atoms with E-state index < -0.39 is 0 Å². The summed E-state index contributed by atoms with van der Waals surface area (Å²) in [6, 6.07) is 16.5. The van der Waals surface area contributed by atoms with Crippen LogP contribution in [0.4, 0.5) is 5.69 Å². The second-order valence-electron chi connectivity index (χ2n) is 5.36. The van der Waals surface area contributed by atoms with E-state index in [-0.39, 0.29) is 12.6 Å². The third kappa shape index (κ3) is 2.55. The molecule has 2 aromatic rings. The van der Waals surface area contributed by atoms with E-state index in [2.05, 4.69) is 17.4 Å². The highest BCUT2D eigenvalue weighted by Gasteiger charge is 2.25. The summed E-state index contributed by atoms with van der Waals surface area (Å²) >= 11 is 0. The molecule has 1 aliphatic carbocycles. The number of nitrogen functional groups attached to an aromatic ring is 1. The van der Waals surface area contributed by atoms with E-state index in [0.717, 1.165) is 24.1 Å². The minimum atomic E-state index is -0.0234. The highest BCUT2D eigenvalue weighted by Crippen LogP contribution is 2.34. The van der Waals surface area contributed by atoms with Gasteiger partial charge in [0, 0.05) is 11.7 Å². The number of benzene rings is 2. The molecule has 0 amide bonds. The van der Waals surface area contributed by atoms with Crippen LogP contribution in [0.25, 0.3) is 0 Å². The Morgan fingerprint density at radius 1 is 1.20 bits per heavy atom. The SMILES string of the molecule is Nc1ccc2c(c1)CCC2NC(CO)c1ccccc1. The average Bonchev–Trinajstić information content (AvgIpc) is 2.87. The van der Waals surface area contributed by atoms with E-state index in [1.807, 2.05) is 36.4 Å². The number of anilines is 1. The zero-order valence-electron chi connectivity index (χ0n) is 11.4. The van der Waals surface area contributed by atoms with Gasteiger partial charge >= 0.3 is 0 Å². The van der Waals surface area contributed by atoms with Crippen molar-refractivity contribution >= 4 is 5.69 Å². The van der Waals surface area contributed by atoms with Crippen LogP contribution in [0, 0.1) is 0 Å². The van der Waals surface area contributed by atoms with E-state index in [4.69, 9.17) is 5.73 Å². The zero-order valence-corrected chi connectivity index (χ0v) is 11.4. The third-order valence-corrected chi connectivity index (χ3v) is 4.03. The first-order valence-electron chi connectivity index (χ1n) is 7.08.